The van der Waals surface area contributed by atoms with Gasteiger partial charge in [0.05, 0.1) is 0 Å². The van der Waals surface area contributed by atoms with Crippen molar-refractivity contribution in [3.63, 3.8) is 0 Å². The fourth-order valence-electron chi connectivity index (χ4n) is 3.03. The van der Waals surface area contributed by atoms with Crippen LogP contribution in [0, 0.1) is 0 Å². The van der Waals surface area contributed by atoms with Gasteiger partial charge in [-0.2, -0.15) is 0 Å². The number of likely N-dealkylation sites (N-methyl/N-ethyl adjacent to an activating group) is 1. The van der Waals surface area contributed by atoms with Crippen molar-refractivity contribution in [1.82, 2.24) is 14.8 Å². The van der Waals surface area contributed by atoms with E-state index >= 15 is 0 Å². The maximum atomic E-state index is 12.5. The lowest BCUT2D eigenvalue weighted by Crippen LogP contribution is -2.51. The maximum Gasteiger partial charge on any atom is 0.244 e. The van der Waals surface area contributed by atoms with Crippen LogP contribution in [0.1, 0.15) is 12.5 Å². The molecule has 1 aromatic heterocycles. The second-order valence-electron chi connectivity index (χ2n) is 6.36. The van der Waals surface area contributed by atoms with Gasteiger partial charge in [-0.3, -0.25) is 4.79 Å². The summed E-state index contributed by atoms with van der Waals surface area (Å²) in [5.74, 6) is 0.434. The van der Waals surface area contributed by atoms with Crippen molar-refractivity contribution in [3.8, 4) is 0 Å². The normalized spacial score (nSPS) is 14.5. The highest BCUT2D eigenvalue weighted by atomic mass is 127. The Bertz CT molecular complexity index is 747. The van der Waals surface area contributed by atoms with Crippen molar-refractivity contribution in [2.75, 3.05) is 44.2 Å². The predicted molar refractivity (Wildman–Crippen MR) is 125 cm³/mol. The molecule has 1 aliphatic heterocycles. The van der Waals surface area contributed by atoms with Crippen LogP contribution in [0.4, 0.5) is 5.13 Å². The molecule has 152 valence electrons. The number of hydrogen-bond donors (Lipinski definition) is 1. The van der Waals surface area contributed by atoms with E-state index in [9.17, 15) is 4.79 Å². The topological polar surface area (TPSA) is 78.1 Å². The molecule has 0 radical (unpaired) electrons. The van der Waals surface area contributed by atoms with Crippen molar-refractivity contribution >= 4 is 52.3 Å². The average Bonchev–Trinajstić information content (AvgIpc) is 3.25. The first kappa shape index (κ1) is 22.4. The fraction of sp³-hybridized carbons (Fsp3) is 0.421. The van der Waals surface area contributed by atoms with Crippen molar-refractivity contribution in [2.24, 2.45) is 10.7 Å². The van der Waals surface area contributed by atoms with Crippen LogP contribution in [0.2, 0.25) is 0 Å². The minimum absolute atomic E-state index is 0. The van der Waals surface area contributed by atoms with Gasteiger partial charge in [-0.05, 0) is 12.5 Å². The van der Waals surface area contributed by atoms with E-state index in [0.717, 1.165) is 36.9 Å². The molecule has 0 spiro atoms. The van der Waals surface area contributed by atoms with Gasteiger partial charge in [0.15, 0.2) is 11.1 Å². The summed E-state index contributed by atoms with van der Waals surface area (Å²) < 4.78 is 0. The smallest absolute Gasteiger partial charge is 0.244 e. The standard InChI is InChI=1S/C19H26N6OS.HI/c1-2-23(15-16-6-4-3-5-7-16)17(26)14-22-18(20)24-9-11-25(12-10-24)19-21-8-13-27-19;/h3-8,13H,2,9-12,14-15H2,1H3,(H2,20,22);1H. The van der Waals surface area contributed by atoms with Crippen LogP contribution in [0.5, 0.6) is 0 Å². The summed E-state index contributed by atoms with van der Waals surface area (Å²) in [6, 6.07) is 9.98. The number of benzene rings is 1. The molecule has 7 nitrogen and oxygen atoms in total. The van der Waals surface area contributed by atoms with E-state index in [4.69, 9.17) is 5.73 Å². The Morgan fingerprint density at radius 1 is 1.25 bits per heavy atom. The number of piperazine rings is 1. The van der Waals surface area contributed by atoms with Gasteiger partial charge in [-0.25, -0.2) is 9.98 Å². The molecule has 0 saturated carbocycles. The fourth-order valence-corrected chi connectivity index (χ4v) is 3.72. The molecule has 0 unspecified atom stereocenters. The molecule has 1 aliphatic rings. The molecule has 1 aromatic carbocycles. The van der Waals surface area contributed by atoms with Gasteiger partial charge >= 0.3 is 0 Å². The minimum atomic E-state index is -0.00859. The molecule has 0 atom stereocenters. The number of carbonyl (C=O) groups is 1. The summed E-state index contributed by atoms with van der Waals surface area (Å²) in [7, 11) is 0. The Kier molecular flexibility index (Phi) is 8.97. The molecule has 2 aromatic rings. The lowest BCUT2D eigenvalue weighted by Gasteiger charge is -2.35. The van der Waals surface area contributed by atoms with Gasteiger partial charge in [0, 0.05) is 50.8 Å². The number of rotatable bonds is 6. The van der Waals surface area contributed by atoms with Crippen molar-refractivity contribution in [2.45, 2.75) is 13.5 Å². The minimum Gasteiger partial charge on any atom is -0.370 e. The predicted octanol–water partition coefficient (Wildman–Crippen LogP) is 2.25. The number of guanidine groups is 1. The van der Waals surface area contributed by atoms with Gasteiger partial charge in [0.25, 0.3) is 0 Å². The lowest BCUT2D eigenvalue weighted by molar-refractivity contribution is -0.130. The molecule has 2 heterocycles. The Labute approximate surface area is 187 Å². The first-order chi connectivity index (χ1) is 13.2. The summed E-state index contributed by atoms with van der Waals surface area (Å²) in [6.07, 6.45) is 1.82. The first-order valence-corrected chi connectivity index (χ1v) is 10.1. The highest BCUT2D eigenvalue weighted by molar-refractivity contribution is 14.0. The van der Waals surface area contributed by atoms with Crippen LogP contribution >= 0.6 is 35.3 Å². The highest BCUT2D eigenvalue weighted by Gasteiger charge is 2.20. The molecular weight excluding hydrogens is 487 g/mol. The number of hydrogen-bond acceptors (Lipinski definition) is 5. The Balaban J connectivity index is 0.00000280. The van der Waals surface area contributed by atoms with E-state index in [1.165, 1.54) is 0 Å². The highest BCUT2D eigenvalue weighted by Crippen LogP contribution is 2.18. The zero-order valence-electron chi connectivity index (χ0n) is 16.0. The molecule has 2 N–H and O–H groups in total. The third-order valence-electron chi connectivity index (χ3n) is 4.62. The second kappa shape index (κ2) is 11.2. The molecule has 0 bridgehead atoms. The van der Waals surface area contributed by atoms with Gasteiger partial charge < -0.3 is 20.4 Å². The molecule has 1 amide bonds. The van der Waals surface area contributed by atoms with E-state index in [0.29, 0.717) is 19.0 Å². The monoisotopic (exact) mass is 514 g/mol. The first-order valence-electron chi connectivity index (χ1n) is 9.18. The third-order valence-corrected chi connectivity index (χ3v) is 5.45. The van der Waals surface area contributed by atoms with E-state index in [-0.39, 0.29) is 36.4 Å². The molecule has 1 saturated heterocycles. The zero-order chi connectivity index (χ0) is 19.1. The van der Waals surface area contributed by atoms with Gasteiger partial charge in [0.2, 0.25) is 5.91 Å². The summed E-state index contributed by atoms with van der Waals surface area (Å²) in [5, 5.41) is 3.03. The number of carbonyl (C=O) groups excluding carboxylic acids is 1. The molecule has 9 heteroatoms. The molecule has 1 fully saturated rings. The average molecular weight is 514 g/mol. The van der Waals surface area contributed by atoms with Crippen molar-refractivity contribution in [3.05, 3.63) is 47.5 Å². The molecule has 28 heavy (non-hydrogen) atoms. The van der Waals surface area contributed by atoms with Gasteiger partial charge in [-0.15, -0.1) is 35.3 Å². The number of anilines is 1. The van der Waals surface area contributed by atoms with Crippen LogP contribution in [-0.4, -0.2) is 65.9 Å². The zero-order valence-corrected chi connectivity index (χ0v) is 19.2. The maximum absolute atomic E-state index is 12.5. The Morgan fingerprint density at radius 3 is 2.57 bits per heavy atom. The van der Waals surface area contributed by atoms with E-state index < -0.39 is 0 Å². The quantitative estimate of drug-likeness (QED) is 0.364. The number of aromatic nitrogens is 1. The number of amides is 1. The number of thiazole rings is 1. The second-order valence-corrected chi connectivity index (χ2v) is 7.23. The van der Waals surface area contributed by atoms with Crippen LogP contribution in [0.15, 0.2) is 46.9 Å². The SMILES string of the molecule is CCN(Cc1ccccc1)C(=O)CN=C(N)N1CCN(c2nccs2)CC1.I. The largest absolute Gasteiger partial charge is 0.370 e. The molecule has 0 aliphatic carbocycles. The van der Waals surface area contributed by atoms with Crippen LogP contribution < -0.4 is 10.6 Å². The van der Waals surface area contributed by atoms with E-state index in [1.807, 2.05) is 53.7 Å². The summed E-state index contributed by atoms with van der Waals surface area (Å²) in [6.45, 7) is 6.58. The van der Waals surface area contributed by atoms with E-state index in [1.54, 1.807) is 16.2 Å². The van der Waals surface area contributed by atoms with Crippen LogP contribution in [-0.2, 0) is 11.3 Å². The van der Waals surface area contributed by atoms with Crippen molar-refractivity contribution in [1.29, 1.82) is 0 Å². The van der Waals surface area contributed by atoms with Crippen molar-refractivity contribution < 1.29 is 4.79 Å². The Morgan fingerprint density at radius 2 is 1.96 bits per heavy atom. The number of halogens is 1. The number of nitrogens with zero attached hydrogens (tertiary/aromatic N) is 5. The number of aliphatic imine (C=N–C) groups is 1. The van der Waals surface area contributed by atoms with E-state index in [2.05, 4.69) is 14.9 Å². The molecule has 3 rings (SSSR count). The van der Waals surface area contributed by atoms with Gasteiger partial charge in [-0.1, -0.05) is 30.3 Å². The summed E-state index contributed by atoms with van der Waals surface area (Å²) in [5.41, 5.74) is 7.24. The summed E-state index contributed by atoms with van der Waals surface area (Å²) >= 11 is 1.64. The van der Waals surface area contributed by atoms with Crippen LogP contribution in [0.3, 0.4) is 0 Å². The summed E-state index contributed by atoms with van der Waals surface area (Å²) in [4.78, 5) is 27.3. The Hall–Kier alpha value is -1.88. The molecular formula is C19H27IN6OS. The van der Waals surface area contributed by atoms with Gasteiger partial charge in [0.1, 0.15) is 6.54 Å². The number of nitrogens with two attached hydrogens (primary N) is 1. The van der Waals surface area contributed by atoms with Crippen LogP contribution in [0.25, 0.3) is 0 Å². The lowest BCUT2D eigenvalue weighted by atomic mass is 10.2. The third kappa shape index (κ3) is 6.06.